The molecule has 2 heterocycles. The molecular weight excluding hydrogens is 436 g/mol. The molecule has 3 aromatic carbocycles. The van der Waals surface area contributed by atoms with Gasteiger partial charge in [-0.2, -0.15) is 0 Å². The standard InChI is InChI=1S/C29H30N4O2/c1-35-23-11-12-24-22(20-23)14-17-33(28(24)19-21-7-3-2-4-8-21)18-16-31-29(34)32-27-13-15-30-26-10-6-5-9-25(26)27/h2-13,15,20,28H,14,16-19H2,1H3,(H2,30,31,32,34). The molecule has 0 bridgehead atoms. The number of hydrogen-bond donors (Lipinski definition) is 2. The Morgan fingerprint density at radius 2 is 1.89 bits per heavy atom. The van der Waals surface area contributed by atoms with E-state index in [2.05, 4.69) is 63.0 Å². The Balaban J connectivity index is 1.26. The average Bonchev–Trinajstić information content (AvgIpc) is 2.90. The van der Waals surface area contributed by atoms with E-state index in [0.717, 1.165) is 48.3 Å². The number of benzene rings is 3. The van der Waals surface area contributed by atoms with Crippen molar-refractivity contribution < 1.29 is 9.53 Å². The van der Waals surface area contributed by atoms with Crippen molar-refractivity contribution in [2.45, 2.75) is 18.9 Å². The van der Waals surface area contributed by atoms with Crippen molar-refractivity contribution in [2.24, 2.45) is 0 Å². The monoisotopic (exact) mass is 466 g/mol. The summed E-state index contributed by atoms with van der Waals surface area (Å²) in [7, 11) is 1.71. The van der Waals surface area contributed by atoms with Gasteiger partial charge >= 0.3 is 6.03 Å². The summed E-state index contributed by atoms with van der Waals surface area (Å²) in [5, 5.41) is 6.94. The van der Waals surface area contributed by atoms with Gasteiger partial charge < -0.3 is 15.4 Å². The molecule has 0 saturated carbocycles. The van der Waals surface area contributed by atoms with Gasteiger partial charge in [0.2, 0.25) is 0 Å². The fourth-order valence-corrected chi connectivity index (χ4v) is 4.90. The molecule has 1 atom stereocenters. The van der Waals surface area contributed by atoms with E-state index in [1.807, 2.05) is 36.4 Å². The molecule has 1 aromatic heterocycles. The Kier molecular flexibility index (Phi) is 6.91. The number of nitrogens with zero attached hydrogens (tertiary/aromatic N) is 2. The molecule has 0 radical (unpaired) electrons. The Morgan fingerprint density at radius 1 is 1.06 bits per heavy atom. The number of fused-ring (bicyclic) bond motifs is 2. The average molecular weight is 467 g/mol. The van der Waals surface area contributed by atoms with Crippen LogP contribution in [0.1, 0.15) is 22.7 Å². The fraction of sp³-hybridized carbons (Fsp3) is 0.241. The molecule has 0 fully saturated rings. The summed E-state index contributed by atoms with van der Waals surface area (Å²) in [4.78, 5) is 19.5. The number of carbonyl (C=O) groups is 1. The minimum absolute atomic E-state index is 0.205. The van der Waals surface area contributed by atoms with Crippen LogP contribution >= 0.6 is 0 Å². The second-order valence-electron chi connectivity index (χ2n) is 8.81. The van der Waals surface area contributed by atoms with E-state index >= 15 is 0 Å². The van der Waals surface area contributed by atoms with Crippen LogP contribution in [0.5, 0.6) is 5.75 Å². The second-order valence-corrected chi connectivity index (χ2v) is 8.81. The molecule has 0 saturated heterocycles. The molecule has 2 amide bonds. The molecule has 6 nitrogen and oxygen atoms in total. The number of ether oxygens (including phenoxy) is 1. The van der Waals surface area contributed by atoms with Gasteiger partial charge in [-0.25, -0.2) is 4.79 Å². The predicted octanol–water partition coefficient (Wildman–Crippen LogP) is 5.21. The SMILES string of the molecule is COc1ccc2c(c1)CCN(CCNC(=O)Nc1ccnc3ccccc13)C2Cc1ccccc1. The fourth-order valence-electron chi connectivity index (χ4n) is 4.90. The number of aromatic nitrogens is 1. The van der Waals surface area contributed by atoms with Crippen molar-refractivity contribution in [1.82, 2.24) is 15.2 Å². The van der Waals surface area contributed by atoms with Crippen molar-refractivity contribution in [1.29, 1.82) is 0 Å². The number of rotatable bonds is 7. The first-order valence-electron chi connectivity index (χ1n) is 12.0. The summed E-state index contributed by atoms with van der Waals surface area (Å²) in [5.41, 5.74) is 5.61. The van der Waals surface area contributed by atoms with Crippen molar-refractivity contribution >= 4 is 22.6 Å². The Hall–Kier alpha value is -3.90. The number of anilines is 1. The number of amides is 2. The lowest BCUT2D eigenvalue weighted by Crippen LogP contribution is -2.42. The van der Waals surface area contributed by atoms with E-state index in [0.29, 0.717) is 6.54 Å². The third-order valence-electron chi connectivity index (χ3n) is 6.67. The number of hydrogen-bond acceptors (Lipinski definition) is 4. The lowest BCUT2D eigenvalue weighted by Gasteiger charge is -2.38. The largest absolute Gasteiger partial charge is 0.497 e. The smallest absolute Gasteiger partial charge is 0.319 e. The van der Waals surface area contributed by atoms with Gasteiger partial charge in [-0.3, -0.25) is 9.88 Å². The molecule has 5 rings (SSSR count). The third kappa shape index (κ3) is 5.28. The zero-order valence-electron chi connectivity index (χ0n) is 19.9. The Bertz CT molecular complexity index is 1300. The molecule has 0 aliphatic carbocycles. The molecule has 35 heavy (non-hydrogen) atoms. The molecule has 6 heteroatoms. The second kappa shape index (κ2) is 10.6. The number of nitrogens with one attached hydrogen (secondary N) is 2. The van der Waals surface area contributed by atoms with Crippen molar-refractivity contribution in [3.8, 4) is 5.75 Å². The van der Waals surface area contributed by atoms with Crippen LogP contribution in [0.4, 0.5) is 10.5 Å². The van der Waals surface area contributed by atoms with Gasteiger partial charge in [-0.15, -0.1) is 0 Å². The maximum absolute atomic E-state index is 12.7. The van der Waals surface area contributed by atoms with E-state index in [9.17, 15) is 4.79 Å². The zero-order chi connectivity index (χ0) is 24.0. The molecule has 0 spiro atoms. The van der Waals surface area contributed by atoms with E-state index in [4.69, 9.17) is 4.74 Å². The number of pyridine rings is 1. The topological polar surface area (TPSA) is 66.5 Å². The number of urea groups is 1. The van der Waals surface area contributed by atoms with Gasteiger partial charge in [0, 0.05) is 37.3 Å². The van der Waals surface area contributed by atoms with E-state index in [1.54, 1.807) is 13.3 Å². The maximum atomic E-state index is 12.7. The molecule has 1 aliphatic rings. The van der Waals surface area contributed by atoms with E-state index in [-0.39, 0.29) is 12.1 Å². The van der Waals surface area contributed by atoms with Crippen LogP contribution in [0.25, 0.3) is 10.9 Å². The van der Waals surface area contributed by atoms with Gasteiger partial charge in [0.15, 0.2) is 0 Å². The summed E-state index contributed by atoms with van der Waals surface area (Å²) in [6.07, 6.45) is 3.61. The lowest BCUT2D eigenvalue weighted by molar-refractivity contribution is 0.184. The minimum atomic E-state index is -0.205. The highest BCUT2D eigenvalue weighted by atomic mass is 16.5. The summed E-state index contributed by atoms with van der Waals surface area (Å²) >= 11 is 0. The quantitative estimate of drug-likeness (QED) is 0.393. The first kappa shape index (κ1) is 22.9. The molecule has 178 valence electrons. The molecule has 2 N–H and O–H groups in total. The summed E-state index contributed by atoms with van der Waals surface area (Å²) in [5.74, 6) is 0.901. The Labute approximate surface area is 205 Å². The molecule has 4 aromatic rings. The van der Waals surface area contributed by atoms with Crippen LogP contribution in [0.3, 0.4) is 0 Å². The van der Waals surface area contributed by atoms with Crippen LogP contribution < -0.4 is 15.4 Å². The highest BCUT2D eigenvalue weighted by Gasteiger charge is 2.27. The van der Waals surface area contributed by atoms with Crippen molar-refractivity contribution in [2.75, 3.05) is 32.1 Å². The normalized spacial score (nSPS) is 15.4. The Morgan fingerprint density at radius 3 is 2.74 bits per heavy atom. The van der Waals surface area contributed by atoms with Crippen LogP contribution in [-0.4, -0.2) is 42.7 Å². The van der Waals surface area contributed by atoms with Crippen LogP contribution in [0.15, 0.2) is 85.1 Å². The predicted molar refractivity (Wildman–Crippen MR) is 140 cm³/mol. The first-order valence-corrected chi connectivity index (χ1v) is 12.0. The molecular formula is C29H30N4O2. The highest BCUT2D eigenvalue weighted by molar-refractivity contribution is 6.00. The third-order valence-corrected chi connectivity index (χ3v) is 6.67. The van der Waals surface area contributed by atoms with Gasteiger partial charge in [0.25, 0.3) is 0 Å². The van der Waals surface area contributed by atoms with Crippen molar-refractivity contribution in [3.05, 3.63) is 102 Å². The summed E-state index contributed by atoms with van der Waals surface area (Å²) < 4.78 is 5.46. The number of methoxy groups -OCH3 is 1. The van der Waals surface area contributed by atoms with Crippen LogP contribution in [0.2, 0.25) is 0 Å². The highest BCUT2D eigenvalue weighted by Crippen LogP contribution is 2.34. The number of carbonyl (C=O) groups excluding carboxylic acids is 1. The van der Waals surface area contributed by atoms with Crippen molar-refractivity contribution in [3.63, 3.8) is 0 Å². The zero-order valence-corrected chi connectivity index (χ0v) is 19.9. The lowest BCUT2D eigenvalue weighted by atomic mass is 9.88. The summed E-state index contributed by atoms with van der Waals surface area (Å²) in [6.45, 7) is 2.27. The molecule has 1 aliphatic heterocycles. The van der Waals surface area contributed by atoms with Gasteiger partial charge in [0.05, 0.1) is 18.3 Å². The minimum Gasteiger partial charge on any atom is -0.497 e. The van der Waals surface area contributed by atoms with Gasteiger partial charge in [-0.05, 0) is 53.8 Å². The van der Waals surface area contributed by atoms with Gasteiger partial charge in [-0.1, -0.05) is 54.6 Å². The van der Waals surface area contributed by atoms with Crippen LogP contribution in [0, 0.1) is 0 Å². The summed E-state index contributed by atoms with van der Waals surface area (Å²) in [6, 6.07) is 26.7. The van der Waals surface area contributed by atoms with Crippen LogP contribution in [-0.2, 0) is 12.8 Å². The first-order chi connectivity index (χ1) is 17.2. The molecule has 1 unspecified atom stereocenters. The van der Waals surface area contributed by atoms with E-state index < -0.39 is 0 Å². The van der Waals surface area contributed by atoms with Gasteiger partial charge in [0.1, 0.15) is 5.75 Å². The van der Waals surface area contributed by atoms with E-state index in [1.165, 1.54) is 16.7 Å². The maximum Gasteiger partial charge on any atom is 0.319 e. The number of para-hydroxylation sites is 1.